The Morgan fingerprint density at radius 3 is 2.65 bits per heavy atom. The molecule has 2 N–H and O–H groups in total. The minimum Gasteiger partial charge on any atom is -0.489 e. The van der Waals surface area contributed by atoms with Crippen molar-refractivity contribution in [3.63, 3.8) is 0 Å². The molecule has 1 aromatic carbocycles. The smallest absolute Gasteiger partial charge is 0.144 e. The highest BCUT2D eigenvalue weighted by atomic mass is 16.5. The van der Waals surface area contributed by atoms with Gasteiger partial charge in [0.25, 0.3) is 0 Å². The van der Waals surface area contributed by atoms with Gasteiger partial charge < -0.3 is 15.4 Å². The molecule has 17 heavy (non-hydrogen) atoms. The first-order chi connectivity index (χ1) is 8.13. The number of anilines is 2. The second-order valence-electron chi connectivity index (χ2n) is 4.87. The van der Waals surface area contributed by atoms with Crippen LogP contribution in [0, 0.1) is 0 Å². The lowest BCUT2D eigenvalue weighted by Crippen LogP contribution is -2.26. The van der Waals surface area contributed by atoms with Crippen molar-refractivity contribution in [2.24, 2.45) is 0 Å². The standard InChI is InChI=1S/C14H22N2O/c1-4-16(11-8-9-11)12-6-5-7-13(14(12)15)17-10(2)3/h5-7,10-11H,4,8-9,15H2,1-3H3. The minimum atomic E-state index is 0.156. The van der Waals surface area contributed by atoms with Gasteiger partial charge >= 0.3 is 0 Å². The van der Waals surface area contributed by atoms with E-state index in [9.17, 15) is 0 Å². The van der Waals surface area contributed by atoms with E-state index in [2.05, 4.69) is 17.9 Å². The van der Waals surface area contributed by atoms with Crippen LogP contribution in [-0.2, 0) is 0 Å². The number of hydrogen-bond donors (Lipinski definition) is 1. The van der Waals surface area contributed by atoms with Gasteiger partial charge in [-0.1, -0.05) is 6.07 Å². The first-order valence-corrected chi connectivity index (χ1v) is 6.45. The van der Waals surface area contributed by atoms with E-state index in [1.807, 2.05) is 26.0 Å². The number of nitrogens with zero attached hydrogens (tertiary/aromatic N) is 1. The van der Waals surface area contributed by atoms with Crippen LogP contribution in [0.15, 0.2) is 18.2 Å². The van der Waals surface area contributed by atoms with Crippen molar-refractivity contribution in [2.45, 2.75) is 45.8 Å². The highest BCUT2D eigenvalue weighted by Crippen LogP contribution is 2.38. The molecule has 2 rings (SSSR count). The first kappa shape index (κ1) is 12.1. The number of para-hydroxylation sites is 1. The molecule has 0 saturated heterocycles. The molecule has 1 aliphatic carbocycles. The number of rotatable bonds is 5. The van der Waals surface area contributed by atoms with E-state index in [1.54, 1.807) is 0 Å². The van der Waals surface area contributed by atoms with Crippen molar-refractivity contribution >= 4 is 11.4 Å². The van der Waals surface area contributed by atoms with Gasteiger partial charge in [0.2, 0.25) is 0 Å². The summed E-state index contributed by atoms with van der Waals surface area (Å²) in [5, 5.41) is 0. The van der Waals surface area contributed by atoms with Crippen LogP contribution in [0.2, 0.25) is 0 Å². The lowest BCUT2D eigenvalue weighted by Gasteiger charge is -2.25. The van der Waals surface area contributed by atoms with E-state index in [0.29, 0.717) is 6.04 Å². The molecule has 3 nitrogen and oxygen atoms in total. The summed E-state index contributed by atoms with van der Waals surface area (Å²) < 4.78 is 5.73. The molecule has 0 amide bonds. The Morgan fingerprint density at radius 1 is 1.41 bits per heavy atom. The highest BCUT2D eigenvalue weighted by molar-refractivity contribution is 5.74. The molecule has 0 aromatic heterocycles. The fourth-order valence-corrected chi connectivity index (χ4v) is 2.15. The molecule has 0 radical (unpaired) electrons. The lowest BCUT2D eigenvalue weighted by molar-refractivity contribution is 0.244. The number of hydrogen-bond acceptors (Lipinski definition) is 3. The summed E-state index contributed by atoms with van der Waals surface area (Å²) >= 11 is 0. The van der Waals surface area contributed by atoms with Crippen molar-refractivity contribution < 1.29 is 4.74 Å². The zero-order chi connectivity index (χ0) is 12.4. The predicted octanol–water partition coefficient (Wildman–Crippen LogP) is 3.04. The van der Waals surface area contributed by atoms with Gasteiger partial charge in [0.15, 0.2) is 0 Å². The molecule has 0 heterocycles. The molecule has 3 heteroatoms. The van der Waals surface area contributed by atoms with Gasteiger partial charge in [0.1, 0.15) is 5.75 Å². The van der Waals surface area contributed by atoms with Gasteiger partial charge in [-0.3, -0.25) is 0 Å². The summed E-state index contributed by atoms with van der Waals surface area (Å²) in [6.45, 7) is 7.21. The largest absolute Gasteiger partial charge is 0.489 e. The fraction of sp³-hybridized carbons (Fsp3) is 0.571. The Kier molecular flexibility index (Phi) is 3.46. The van der Waals surface area contributed by atoms with Crippen molar-refractivity contribution in [3.8, 4) is 5.75 Å². The Bertz CT molecular complexity index is 386. The maximum absolute atomic E-state index is 6.21. The van der Waals surface area contributed by atoms with Crippen LogP contribution in [0.4, 0.5) is 11.4 Å². The average molecular weight is 234 g/mol. The zero-order valence-corrected chi connectivity index (χ0v) is 10.9. The molecule has 0 aliphatic heterocycles. The van der Waals surface area contributed by atoms with Crippen molar-refractivity contribution in [2.75, 3.05) is 17.2 Å². The summed E-state index contributed by atoms with van der Waals surface area (Å²) in [6.07, 6.45) is 2.72. The van der Waals surface area contributed by atoms with Crippen LogP contribution < -0.4 is 15.4 Å². The Morgan fingerprint density at radius 2 is 2.12 bits per heavy atom. The molecule has 1 fully saturated rings. The highest BCUT2D eigenvalue weighted by Gasteiger charge is 2.29. The molecule has 0 atom stereocenters. The van der Waals surface area contributed by atoms with Crippen LogP contribution in [0.5, 0.6) is 5.75 Å². The molecule has 0 spiro atoms. The predicted molar refractivity (Wildman–Crippen MR) is 72.7 cm³/mol. The summed E-state index contributed by atoms with van der Waals surface area (Å²) in [6, 6.07) is 6.73. The van der Waals surface area contributed by atoms with E-state index < -0.39 is 0 Å². The quantitative estimate of drug-likeness (QED) is 0.796. The summed E-state index contributed by atoms with van der Waals surface area (Å²) in [5.74, 6) is 0.802. The normalized spacial score (nSPS) is 15.1. The van der Waals surface area contributed by atoms with Gasteiger partial charge in [-0.05, 0) is 45.7 Å². The average Bonchev–Trinajstić information content (AvgIpc) is 3.08. The monoisotopic (exact) mass is 234 g/mol. The molecule has 1 saturated carbocycles. The lowest BCUT2D eigenvalue weighted by atomic mass is 10.2. The van der Waals surface area contributed by atoms with Gasteiger partial charge in [-0.2, -0.15) is 0 Å². The first-order valence-electron chi connectivity index (χ1n) is 6.45. The third kappa shape index (κ3) is 2.65. The van der Waals surface area contributed by atoms with Crippen LogP contribution in [-0.4, -0.2) is 18.7 Å². The molecule has 0 bridgehead atoms. The van der Waals surface area contributed by atoms with Crippen LogP contribution in [0.3, 0.4) is 0 Å². The third-order valence-corrected chi connectivity index (χ3v) is 3.04. The summed E-state index contributed by atoms with van der Waals surface area (Å²) in [5.41, 5.74) is 8.10. The van der Waals surface area contributed by atoms with Gasteiger partial charge in [-0.25, -0.2) is 0 Å². The van der Waals surface area contributed by atoms with E-state index >= 15 is 0 Å². The van der Waals surface area contributed by atoms with Gasteiger partial charge in [0, 0.05) is 12.6 Å². The van der Waals surface area contributed by atoms with Crippen molar-refractivity contribution in [1.29, 1.82) is 0 Å². The molecular weight excluding hydrogens is 212 g/mol. The maximum atomic E-state index is 6.21. The Hall–Kier alpha value is -1.38. The second kappa shape index (κ2) is 4.86. The fourth-order valence-electron chi connectivity index (χ4n) is 2.15. The summed E-state index contributed by atoms with van der Waals surface area (Å²) in [7, 11) is 0. The second-order valence-corrected chi connectivity index (χ2v) is 4.87. The van der Waals surface area contributed by atoms with E-state index in [-0.39, 0.29) is 6.10 Å². The van der Waals surface area contributed by atoms with E-state index in [4.69, 9.17) is 10.5 Å². The van der Waals surface area contributed by atoms with Crippen LogP contribution >= 0.6 is 0 Å². The van der Waals surface area contributed by atoms with Crippen LogP contribution in [0.25, 0.3) is 0 Å². The van der Waals surface area contributed by atoms with Crippen molar-refractivity contribution in [3.05, 3.63) is 18.2 Å². The Balaban J connectivity index is 2.27. The number of nitrogens with two attached hydrogens (primary N) is 1. The van der Waals surface area contributed by atoms with Gasteiger partial charge in [-0.15, -0.1) is 0 Å². The van der Waals surface area contributed by atoms with Gasteiger partial charge in [0.05, 0.1) is 17.5 Å². The minimum absolute atomic E-state index is 0.156. The zero-order valence-electron chi connectivity index (χ0n) is 10.9. The third-order valence-electron chi connectivity index (χ3n) is 3.04. The number of benzene rings is 1. The molecule has 94 valence electrons. The SMILES string of the molecule is CCN(c1cccc(OC(C)C)c1N)C1CC1. The van der Waals surface area contributed by atoms with Crippen molar-refractivity contribution in [1.82, 2.24) is 0 Å². The molecule has 1 aromatic rings. The molecular formula is C14H22N2O. The van der Waals surface area contributed by atoms with E-state index in [1.165, 1.54) is 12.8 Å². The number of nitrogen functional groups attached to an aromatic ring is 1. The topological polar surface area (TPSA) is 38.5 Å². The number of ether oxygens (including phenoxy) is 1. The van der Waals surface area contributed by atoms with Crippen LogP contribution in [0.1, 0.15) is 33.6 Å². The molecule has 0 unspecified atom stereocenters. The maximum Gasteiger partial charge on any atom is 0.144 e. The molecule has 1 aliphatic rings. The summed E-state index contributed by atoms with van der Waals surface area (Å²) in [4.78, 5) is 2.38. The van der Waals surface area contributed by atoms with E-state index in [0.717, 1.165) is 23.7 Å². The Labute approximate surface area is 104 Å².